The van der Waals surface area contributed by atoms with Crippen LogP contribution in [0.1, 0.15) is 18.3 Å². The van der Waals surface area contributed by atoms with Gasteiger partial charge in [-0.3, -0.25) is 0 Å². The molecule has 1 atom stereocenters. The van der Waals surface area contributed by atoms with Crippen molar-refractivity contribution < 1.29 is 0 Å². The van der Waals surface area contributed by atoms with Gasteiger partial charge in [-0.1, -0.05) is 6.07 Å². The number of hydrogen-bond acceptors (Lipinski definition) is 2. The Morgan fingerprint density at radius 2 is 2.11 bits per heavy atom. The van der Waals surface area contributed by atoms with E-state index in [0.29, 0.717) is 11.9 Å². The van der Waals surface area contributed by atoms with Crippen molar-refractivity contribution in [2.75, 3.05) is 14.1 Å². The number of halogens is 1. The first kappa shape index (κ1) is 13.4. The number of aryl methyl sites for hydroxylation is 1. The van der Waals surface area contributed by atoms with Crippen molar-refractivity contribution >= 4 is 22.6 Å². The summed E-state index contributed by atoms with van der Waals surface area (Å²) in [5.74, 6) is 1.40. The zero-order chi connectivity index (χ0) is 13.3. The molecule has 2 rings (SSSR count). The van der Waals surface area contributed by atoms with Crippen LogP contribution in [0.2, 0.25) is 0 Å². The average Bonchev–Trinajstić information content (AvgIpc) is 2.66. The molecule has 1 aromatic carbocycles. The fraction of sp³-hybridized carbons (Fsp3) is 0.500. The van der Waals surface area contributed by atoms with Crippen LogP contribution in [0.3, 0.4) is 0 Å². The lowest BCUT2D eigenvalue weighted by molar-refractivity contribution is 0.284. The van der Waals surface area contributed by atoms with Crippen molar-refractivity contribution in [2.24, 2.45) is 0 Å². The van der Waals surface area contributed by atoms with Gasteiger partial charge in [-0.05, 0) is 45.6 Å². The summed E-state index contributed by atoms with van der Waals surface area (Å²) in [5.41, 5.74) is 3.44. The van der Waals surface area contributed by atoms with E-state index < -0.39 is 0 Å². The van der Waals surface area contributed by atoms with Crippen LogP contribution >= 0.6 is 11.6 Å². The Morgan fingerprint density at radius 1 is 1.39 bits per heavy atom. The molecule has 0 aliphatic carbocycles. The van der Waals surface area contributed by atoms with Gasteiger partial charge in [0.1, 0.15) is 5.82 Å². The van der Waals surface area contributed by atoms with Gasteiger partial charge in [0.25, 0.3) is 0 Å². The van der Waals surface area contributed by atoms with Gasteiger partial charge in [0.05, 0.1) is 16.9 Å². The molecule has 18 heavy (non-hydrogen) atoms. The number of hydrogen-bond donors (Lipinski definition) is 0. The molecule has 0 saturated heterocycles. The van der Waals surface area contributed by atoms with Crippen LogP contribution in [-0.2, 0) is 12.4 Å². The minimum atomic E-state index is 0.450. The van der Waals surface area contributed by atoms with Gasteiger partial charge in [0.2, 0.25) is 0 Å². The van der Waals surface area contributed by atoms with Crippen LogP contribution in [0.15, 0.2) is 18.2 Å². The van der Waals surface area contributed by atoms with Gasteiger partial charge in [0, 0.05) is 12.6 Å². The molecule has 0 bridgehead atoms. The normalized spacial score (nSPS) is 13.4. The van der Waals surface area contributed by atoms with E-state index >= 15 is 0 Å². The lowest BCUT2D eigenvalue weighted by Gasteiger charge is -2.21. The number of fused-ring (bicyclic) bond motifs is 1. The van der Waals surface area contributed by atoms with Gasteiger partial charge in [-0.25, -0.2) is 4.98 Å². The lowest BCUT2D eigenvalue weighted by atomic mass is 10.2. The van der Waals surface area contributed by atoms with Crippen LogP contribution in [0.4, 0.5) is 0 Å². The summed E-state index contributed by atoms with van der Waals surface area (Å²) in [4.78, 5) is 6.82. The number of alkyl halides is 1. The first-order valence-corrected chi connectivity index (χ1v) is 6.74. The third kappa shape index (κ3) is 2.52. The molecule has 0 radical (unpaired) electrons. The number of aromatic nitrogens is 2. The second-order valence-electron chi connectivity index (χ2n) is 5.08. The number of likely N-dealkylation sites (N-methyl/N-ethyl adjacent to an activating group) is 1. The molecule has 0 fully saturated rings. The zero-order valence-corrected chi connectivity index (χ0v) is 12.2. The van der Waals surface area contributed by atoms with Crippen LogP contribution in [0, 0.1) is 6.92 Å². The zero-order valence-electron chi connectivity index (χ0n) is 11.4. The van der Waals surface area contributed by atoms with Crippen molar-refractivity contribution in [3.8, 4) is 0 Å². The summed E-state index contributed by atoms with van der Waals surface area (Å²) in [6, 6.07) is 6.82. The third-order valence-corrected chi connectivity index (χ3v) is 3.67. The molecule has 98 valence electrons. The van der Waals surface area contributed by atoms with E-state index in [4.69, 9.17) is 11.6 Å². The van der Waals surface area contributed by atoms with Crippen LogP contribution < -0.4 is 0 Å². The molecule has 0 aliphatic rings. The number of benzene rings is 1. The molecule has 0 spiro atoms. The van der Waals surface area contributed by atoms with Crippen molar-refractivity contribution in [2.45, 2.75) is 32.3 Å². The Bertz CT molecular complexity index is 545. The molecule has 2 aromatic rings. The molecular formula is C14H20ClN3. The first-order valence-electron chi connectivity index (χ1n) is 6.21. The summed E-state index contributed by atoms with van der Waals surface area (Å²) in [6.45, 7) is 5.20. The quantitative estimate of drug-likeness (QED) is 0.793. The summed E-state index contributed by atoms with van der Waals surface area (Å²) >= 11 is 6.01. The van der Waals surface area contributed by atoms with Gasteiger partial charge < -0.3 is 9.47 Å². The van der Waals surface area contributed by atoms with Crippen LogP contribution in [0.25, 0.3) is 11.0 Å². The van der Waals surface area contributed by atoms with E-state index in [1.807, 2.05) is 0 Å². The molecule has 0 amide bonds. The van der Waals surface area contributed by atoms with Crippen molar-refractivity contribution in [1.29, 1.82) is 0 Å². The summed E-state index contributed by atoms with van der Waals surface area (Å²) in [6.07, 6.45) is 0. The Kier molecular flexibility index (Phi) is 3.93. The molecule has 4 heteroatoms. The third-order valence-electron chi connectivity index (χ3n) is 3.43. The predicted octanol–water partition coefficient (Wildman–Crippen LogP) is 3.03. The van der Waals surface area contributed by atoms with Crippen molar-refractivity contribution in [3.05, 3.63) is 29.6 Å². The highest BCUT2D eigenvalue weighted by Crippen LogP contribution is 2.20. The lowest BCUT2D eigenvalue weighted by Crippen LogP contribution is -2.29. The monoisotopic (exact) mass is 265 g/mol. The van der Waals surface area contributed by atoms with Gasteiger partial charge >= 0.3 is 0 Å². The molecular weight excluding hydrogens is 246 g/mol. The Hall–Kier alpha value is -1.06. The van der Waals surface area contributed by atoms with E-state index in [2.05, 4.69) is 60.6 Å². The highest BCUT2D eigenvalue weighted by molar-refractivity contribution is 6.16. The fourth-order valence-corrected chi connectivity index (χ4v) is 2.23. The number of rotatable bonds is 4. The van der Waals surface area contributed by atoms with Crippen molar-refractivity contribution in [3.63, 3.8) is 0 Å². The number of imidazole rings is 1. The molecule has 0 aliphatic heterocycles. The largest absolute Gasteiger partial charge is 0.325 e. The maximum atomic E-state index is 6.01. The Balaban J connectivity index is 2.47. The first-order chi connectivity index (χ1) is 8.52. The molecule has 0 saturated carbocycles. The second kappa shape index (κ2) is 5.29. The van der Waals surface area contributed by atoms with E-state index in [1.165, 1.54) is 11.1 Å². The summed E-state index contributed by atoms with van der Waals surface area (Å²) in [7, 11) is 4.18. The Morgan fingerprint density at radius 3 is 2.72 bits per heavy atom. The fourth-order valence-electron chi connectivity index (χ4n) is 2.02. The molecule has 1 unspecified atom stereocenters. The van der Waals surface area contributed by atoms with Crippen LogP contribution in [-0.4, -0.2) is 34.6 Å². The molecule has 0 N–H and O–H groups in total. The second-order valence-corrected chi connectivity index (χ2v) is 5.34. The maximum Gasteiger partial charge on any atom is 0.124 e. The highest BCUT2D eigenvalue weighted by Gasteiger charge is 2.13. The van der Waals surface area contributed by atoms with Gasteiger partial charge in [-0.2, -0.15) is 0 Å². The highest BCUT2D eigenvalue weighted by atomic mass is 35.5. The minimum absolute atomic E-state index is 0.450. The smallest absolute Gasteiger partial charge is 0.124 e. The minimum Gasteiger partial charge on any atom is -0.325 e. The van der Waals surface area contributed by atoms with Crippen LogP contribution in [0.5, 0.6) is 0 Å². The van der Waals surface area contributed by atoms with Crippen molar-refractivity contribution in [1.82, 2.24) is 14.5 Å². The SMILES string of the molecule is Cc1ccc2c(c1)nc(CCl)n2CC(C)N(C)C. The van der Waals surface area contributed by atoms with E-state index in [0.717, 1.165) is 17.9 Å². The topological polar surface area (TPSA) is 21.1 Å². The summed E-state index contributed by atoms with van der Waals surface area (Å²) < 4.78 is 2.23. The van der Waals surface area contributed by atoms with E-state index in [-0.39, 0.29) is 0 Å². The van der Waals surface area contributed by atoms with E-state index in [9.17, 15) is 0 Å². The average molecular weight is 266 g/mol. The Labute approximate surface area is 113 Å². The molecule has 1 heterocycles. The van der Waals surface area contributed by atoms with E-state index in [1.54, 1.807) is 0 Å². The molecule has 3 nitrogen and oxygen atoms in total. The van der Waals surface area contributed by atoms with Gasteiger partial charge in [0.15, 0.2) is 0 Å². The molecule has 1 aromatic heterocycles. The standard InChI is InChI=1S/C14H20ClN3/c1-10-5-6-13-12(7-10)16-14(8-15)18(13)9-11(2)17(3)4/h5-7,11H,8-9H2,1-4H3. The number of nitrogens with zero attached hydrogens (tertiary/aromatic N) is 3. The predicted molar refractivity (Wildman–Crippen MR) is 77.2 cm³/mol. The summed E-state index contributed by atoms with van der Waals surface area (Å²) in [5, 5.41) is 0. The maximum absolute atomic E-state index is 6.01. The van der Waals surface area contributed by atoms with Gasteiger partial charge in [-0.15, -0.1) is 11.6 Å².